The molecule has 12 nitrogen and oxygen atoms in total. The number of ether oxygens (including phenoxy) is 1. The lowest BCUT2D eigenvalue weighted by atomic mass is 10.1. The van der Waals surface area contributed by atoms with Crippen LogP contribution < -0.4 is 21.1 Å². The molecular formula is C21H33N5O7S. The van der Waals surface area contributed by atoms with Crippen LogP contribution in [0, 0.1) is 6.92 Å². The van der Waals surface area contributed by atoms with Crippen molar-refractivity contribution in [1.82, 2.24) is 15.4 Å². The van der Waals surface area contributed by atoms with Crippen LogP contribution in [-0.4, -0.2) is 61.7 Å². The number of carbonyl (C=O) groups excluding carboxylic acids is 2. The number of rotatable bonds is 10. The molecule has 2 atom stereocenters. The predicted octanol–water partition coefficient (Wildman–Crippen LogP) is 0.851. The van der Waals surface area contributed by atoms with E-state index in [1.165, 1.54) is 19.1 Å². The topological polar surface area (TPSA) is 189 Å². The first-order chi connectivity index (χ1) is 15.6. The highest BCUT2D eigenvalue weighted by atomic mass is 32.2. The van der Waals surface area contributed by atoms with Gasteiger partial charge in [0.15, 0.2) is 0 Å². The maximum Gasteiger partial charge on any atom is 0.408 e. The maximum absolute atomic E-state index is 12.5. The molecule has 0 aliphatic heterocycles. The number of alkyl carbamates (subject to hydrolysis) is 1. The molecular weight excluding hydrogens is 466 g/mol. The Morgan fingerprint density at radius 2 is 1.74 bits per heavy atom. The van der Waals surface area contributed by atoms with Crippen LogP contribution in [0.25, 0.3) is 0 Å². The summed E-state index contributed by atoms with van der Waals surface area (Å²) in [5.41, 5.74) is 5.78. The van der Waals surface area contributed by atoms with Crippen molar-refractivity contribution in [2.45, 2.75) is 70.0 Å². The van der Waals surface area contributed by atoms with E-state index in [-0.39, 0.29) is 30.2 Å². The average molecular weight is 500 g/mol. The van der Waals surface area contributed by atoms with Crippen LogP contribution in [0.5, 0.6) is 0 Å². The summed E-state index contributed by atoms with van der Waals surface area (Å²) < 4.78 is 32.0. The van der Waals surface area contributed by atoms with Crippen LogP contribution in [-0.2, 0) is 24.3 Å². The van der Waals surface area contributed by atoms with Crippen molar-refractivity contribution >= 4 is 34.0 Å². The number of nitrogens with zero attached hydrogens (tertiary/aromatic N) is 1. The van der Waals surface area contributed by atoms with Gasteiger partial charge < -0.3 is 26.2 Å². The van der Waals surface area contributed by atoms with E-state index >= 15 is 0 Å². The number of nitrogens with one attached hydrogen (secondary N) is 3. The molecule has 1 aromatic rings. The number of aryl methyl sites for hydroxylation is 1. The first-order valence-corrected chi connectivity index (χ1v) is 12.0. The summed E-state index contributed by atoms with van der Waals surface area (Å²) in [5, 5.41) is 13.7. The predicted molar refractivity (Wildman–Crippen MR) is 126 cm³/mol. The molecule has 0 fully saturated rings. The van der Waals surface area contributed by atoms with Gasteiger partial charge in [0, 0.05) is 6.54 Å². The first-order valence-electron chi connectivity index (χ1n) is 10.5. The normalized spacial score (nSPS) is 14.0. The number of benzene rings is 1. The number of aliphatic carboxylic acids is 1. The number of carbonyl (C=O) groups is 3. The molecule has 0 heterocycles. The second kappa shape index (κ2) is 12.2. The molecule has 0 aromatic heterocycles. The molecule has 0 saturated carbocycles. The molecule has 1 rings (SSSR count). The highest BCUT2D eigenvalue weighted by Gasteiger charge is 2.26. The summed E-state index contributed by atoms with van der Waals surface area (Å²) >= 11 is 0. The van der Waals surface area contributed by atoms with Crippen molar-refractivity contribution < 1.29 is 32.6 Å². The third-order valence-electron chi connectivity index (χ3n) is 4.24. The van der Waals surface area contributed by atoms with E-state index in [0.717, 1.165) is 5.56 Å². The quantitative estimate of drug-likeness (QED) is 0.178. The zero-order valence-corrected chi connectivity index (χ0v) is 20.7. The van der Waals surface area contributed by atoms with Gasteiger partial charge in [-0.15, -0.1) is 0 Å². The molecule has 34 heavy (non-hydrogen) atoms. The highest BCUT2D eigenvalue weighted by Crippen LogP contribution is 2.10. The van der Waals surface area contributed by atoms with Crippen LogP contribution in [0.1, 0.15) is 46.1 Å². The molecule has 0 spiro atoms. The van der Waals surface area contributed by atoms with E-state index in [4.69, 9.17) is 15.6 Å². The van der Waals surface area contributed by atoms with Gasteiger partial charge in [-0.3, -0.25) is 14.6 Å². The Bertz CT molecular complexity index is 1000. The lowest BCUT2D eigenvalue weighted by molar-refractivity contribution is -0.141. The number of carboxylic acid groups (broad SMARTS) is 1. The number of aliphatic imine (C=N–C) groups is 1. The summed E-state index contributed by atoms with van der Waals surface area (Å²) in [6, 6.07) is 3.91. The number of nitrogens with two attached hydrogens (primary N) is 1. The van der Waals surface area contributed by atoms with Gasteiger partial charge in [0.25, 0.3) is 10.0 Å². The summed E-state index contributed by atoms with van der Waals surface area (Å²) in [6.45, 7) is 8.12. The monoisotopic (exact) mass is 499 g/mol. The third-order valence-corrected chi connectivity index (χ3v) is 5.61. The molecule has 1 aromatic carbocycles. The van der Waals surface area contributed by atoms with Gasteiger partial charge >= 0.3 is 12.1 Å². The smallest absolute Gasteiger partial charge is 0.408 e. The van der Waals surface area contributed by atoms with Gasteiger partial charge in [-0.05, 0) is 59.6 Å². The molecule has 0 saturated heterocycles. The Kier molecular flexibility index (Phi) is 10.3. The SMILES string of the molecule is Cc1ccc(S(=O)(=O)NC(N)=NCCC[C@H](NC(=O)OC(C)(C)C)C(=O)N[C@H](C)C(=O)O)cc1. The second-order valence-electron chi connectivity index (χ2n) is 8.60. The molecule has 2 amide bonds. The summed E-state index contributed by atoms with van der Waals surface area (Å²) in [4.78, 5) is 39.5. The zero-order chi connectivity index (χ0) is 26.1. The van der Waals surface area contributed by atoms with Crippen LogP contribution in [0.4, 0.5) is 4.79 Å². The number of sulfonamides is 1. The standard InChI is InChI=1S/C21H33N5O7S/c1-13-8-10-15(11-9-13)34(31,32)26-19(22)23-12-6-7-16(17(27)24-14(2)18(28)29)25-20(30)33-21(3,4)5/h8-11,14,16H,6-7,12H2,1-5H3,(H,24,27)(H,25,30)(H,28,29)(H3,22,23,26)/t14-,16+/m1/s1. The Labute approximate surface area is 199 Å². The zero-order valence-electron chi connectivity index (χ0n) is 19.9. The largest absolute Gasteiger partial charge is 0.480 e. The van der Waals surface area contributed by atoms with E-state index in [0.29, 0.717) is 0 Å². The van der Waals surface area contributed by atoms with Gasteiger partial charge in [-0.25, -0.2) is 17.9 Å². The molecule has 13 heteroatoms. The van der Waals surface area contributed by atoms with E-state index in [1.807, 2.05) is 6.92 Å². The molecule has 0 bridgehead atoms. The third kappa shape index (κ3) is 10.5. The summed E-state index contributed by atoms with van der Waals surface area (Å²) in [5.74, 6) is -2.28. The Hall–Kier alpha value is -3.35. The van der Waals surface area contributed by atoms with Crippen LogP contribution in [0.2, 0.25) is 0 Å². The van der Waals surface area contributed by atoms with Gasteiger partial charge in [0.1, 0.15) is 17.7 Å². The number of amides is 2. The number of hydrogen-bond acceptors (Lipinski definition) is 7. The molecule has 0 unspecified atom stereocenters. The number of hydrogen-bond donors (Lipinski definition) is 5. The van der Waals surface area contributed by atoms with Gasteiger partial charge in [-0.2, -0.15) is 0 Å². The minimum absolute atomic E-state index is 0.0297. The highest BCUT2D eigenvalue weighted by molar-refractivity contribution is 7.90. The van der Waals surface area contributed by atoms with E-state index < -0.39 is 45.7 Å². The Morgan fingerprint density at radius 1 is 1.15 bits per heavy atom. The fraction of sp³-hybridized carbons (Fsp3) is 0.524. The van der Waals surface area contributed by atoms with Crippen LogP contribution in [0.3, 0.4) is 0 Å². The van der Waals surface area contributed by atoms with Crippen LogP contribution in [0.15, 0.2) is 34.2 Å². The molecule has 0 aliphatic carbocycles. The van der Waals surface area contributed by atoms with Crippen molar-refractivity contribution in [2.75, 3.05) is 6.54 Å². The number of guanidine groups is 1. The fourth-order valence-corrected chi connectivity index (χ4v) is 3.49. The summed E-state index contributed by atoms with van der Waals surface area (Å²) in [7, 11) is -3.90. The number of carboxylic acids is 1. The van der Waals surface area contributed by atoms with E-state index in [2.05, 4.69) is 20.3 Å². The van der Waals surface area contributed by atoms with Crippen molar-refractivity contribution in [3.05, 3.63) is 29.8 Å². The Balaban J connectivity index is 2.75. The van der Waals surface area contributed by atoms with Crippen molar-refractivity contribution in [3.63, 3.8) is 0 Å². The maximum atomic E-state index is 12.5. The van der Waals surface area contributed by atoms with Crippen molar-refractivity contribution in [1.29, 1.82) is 0 Å². The van der Waals surface area contributed by atoms with Gasteiger partial charge in [-0.1, -0.05) is 17.7 Å². The van der Waals surface area contributed by atoms with Crippen molar-refractivity contribution in [3.8, 4) is 0 Å². The molecule has 0 aliphatic rings. The molecule has 6 N–H and O–H groups in total. The minimum Gasteiger partial charge on any atom is -0.480 e. The first kappa shape index (κ1) is 28.7. The van der Waals surface area contributed by atoms with E-state index in [9.17, 15) is 22.8 Å². The van der Waals surface area contributed by atoms with E-state index in [1.54, 1.807) is 32.9 Å². The fourth-order valence-electron chi connectivity index (χ4n) is 2.54. The second-order valence-corrected chi connectivity index (χ2v) is 10.3. The lowest BCUT2D eigenvalue weighted by Gasteiger charge is -2.23. The average Bonchev–Trinajstić information content (AvgIpc) is 2.68. The Morgan fingerprint density at radius 3 is 2.26 bits per heavy atom. The van der Waals surface area contributed by atoms with Gasteiger partial charge in [0.2, 0.25) is 11.9 Å². The molecule has 190 valence electrons. The minimum atomic E-state index is -3.90. The molecule has 0 radical (unpaired) electrons. The van der Waals surface area contributed by atoms with Gasteiger partial charge in [0.05, 0.1) is 4.90 Å². The van der Waals surface area contributed by atoms with Crippen LogP contribution >= 0.6 is 0 Å². The van der Waals surface area contributed by atoms with Crippen molar-refractivity contribution in [2.24, 2.45) is 10.7 Å². The lowest BCUT2D eigenvalue weighted by Crippen LogP contribution is -2.51. The summed E-state index contributed by atoms with van der Waals surface area (Å²) in [6.07, 6.45) is -0.550.